The SMILES string of the molecule is CC1=[C]([Ti]2([NH]S(C)(=O)=O)[c]3cccc[c]32)C(C)C=C1. The molecule has 0 saturated heterocycles. The molecule has 0 bridgehead atoms. The fourth-order valence-electron chi connectivity index (χ4n) is 3.26. The van der Waals surface area contributed by atoms with Gasteiger partial charge in [-0.05, 0) is 0 Å². The molecule has 1 aliphatic carbocycles. The fourth-order valence-corrected chi connectivity index (χ4v) is 14.6. The number of benzene rings is 1. The van der Waals surface area contributed by atoms with Crippen LogP contribution in [0.25, 0.3) is 0 Å². The van der Waals surface area contributed by atoms with Crippen LogP contribution in [0.5, 0.6) is 0 Å². The maximum atomic E-state index is 11.8. The van der Waals surface area contributed by atoms with E-state index in [0.717, 1.165) is 0 Å². The number of hydrogen-bond donors (Lipinski definition) is 1. The quantitative estimate of drug-likeness (QED) is 0.848. The molecule has 0 radical (unpaired) electrons. The zero-order chi connectivity index (χ0) is 13.8. The van der Waals surface area contributed by atoms with Crippen LogP contribution in [0, 0.1) is 5.92 Å². The predicted molar refractivity (Wildman–Crippen MR) is 74.7 cm³/mol. The first-order valence-electron chi connectivity index (χ1n) is 6.34. The Labute approximate surface area is 118 Å². The Morgan fingerprint density at radius 3 is 2.21 bits per heavy atom. The van der Waals surface area contributed by atoms with E-state index in [1.54, 1.807) is 0 Å². The molecule has 1 aliphatic heterocycles. The van der Waals surface area contributed by atoms with Crippen LogP contribution in [0.15, 0.2) is 45.9 Å². The van der Waals surface area contributed by atoms with Crippen LogP contribution in [-0.2, 0) is 26.9 Å². The van der Waals surface area contributed by atoms with Crippen molar-refractivity contribution in [3.05, 3.63) is 45.9 Å². The van der Waals surface area contributed by atoms with Gasteiger partial charge in [-0.15, -0.1) is 0 Å². The van der Waals surface area contributed by atoms with E-state index >= 15 is 0 Å². The van der Waals surface area contributed by atoms with Crippen LogP contribution in [0.4, 0.5) is 0 Å². The second-order valence-electron chi connectivity index (χ2n) is 5.41. The standard InChI is InChI=1S/C7H9.C6H4.CH4NO2S.Ti/c1-6-3-4-7(2)5-6;1-2-4-6-5-3-1;1-5(2,3)4;/h3-4,6H,1-2H3;1-4H;1H3,(H-,2,3,4);/q;;-1;+1. The molecule has 1 aromatic rings. The molecular weight excluding hydrogens is 294 g/mol. The normalized spacial score (nSPS) is 23.6. The van der Waals surface area contributed by atoms with Gasteiger partial charge in [0, 0.05) is 0 Å². The van der Waals surface area contributed by atoms with Crippen molar-refractivity contribution in [1.29, 1.82) is 0 Å². The average molecular weight is 311 g/mol. The summed E-state index contributed by atoms with van der Waals surface area (Å²) in [5.41, 5.74) is 1.24. The summed E-state index contributed by atoms with van der Waals surface area (Å²) in [6.07, 6.45) is 5.55. The van der Waals surface area contributed by atoms with Crippen LogP contribution in [-0.4, -0.2) is 14.7 Å². The molecule has 1 atom stereocenters. The van der Waals surface area contributed by atoms with Gasteiger partial charge >= 0.3 is 118 Å². The van der Waals surface area contributed by atoms with E-state index in [1.165, 1.54) is 23.4 Å². The van der Waals surface area contributed by atoms with Crippen molar-refractivity contribution in [2.75, 3.05) is 6.26 Å². The third-order valence-electron chi connectivity index (χ3n) is 3.93. The molecule has 1 heterocycles. The third-order valence-corrected chi connectivity index (χ3v) is 13.9. The van der Waals surface area contributed by atoms with E-state index in [0.29, 0.717) is 5.92 Å². The molecule has 0 fully saturated rings. The summed E-state index contributed by atoms with van der Waals surface area (Å²) in [6.45, 7) is 4.24. The van der Waals surface area contributed by atoms with Gasteiger partial charge < -0.3 is 0 Å². The first-order valence-corrected chi connectivity index (χ1v) is 11.4. The molecule has 0 amide bonds. The first-order chi connectivity index (χ1) is 8.86. The number of fused-ring (bicyclic) bond motifs is 1. The number of hydrogen-bond acceptors (Lipinski definition) is 2. The number of nitrogens with one attached hydrogen (secondary N) is 1. The van der Waals surface area contributed by atoms with Crippen molar-refractivity contribution in [1.82, 2.24) is 3.20 Å². The van der Waals surface area contributed by atoms with Crippen molar-refractivity contribution in [3.63, 3.8) is 0 Å². The average Bonchev–Trinajstić information content (AvgIpc) is 2.79. The molecule has 3 nitrogen and oxygen atoms in total. The minimum absolute atomic E-state index is 0.335. The molecule has 2 aliphatic rings. The molecular formula is C14H17NO2STi. The number of allylic oxidation sites excluding steroid dienone is 4. The second-order valence-corrected chi connectivity index (χ2v) is 13.0. The van der Waals surface area contributed by atoms with Gasteiger partial charge in [0.05, 0.1) is 0 Å². The fraction of sp³-hybridized carbons (Fsp3) is 0.286. The van der Waals surface area contributed by atoms with Crippen molar-refractivity contribution in [2.24, 2.45) is 5.92 Å². The number of sulfonamides is 1. The van der Waals surface area contributed by atoms with Gasteiger partial charge in [-0.3, -0.25) is 0 Å². The van der Waals surface area contributed by atoms with Crippen LogP contribution in [0.2, 0.25) is 0 Å². The molecule has 5 heteroatoms. The Balaban J connectivity index is 2.15. The summed E-state index contributed by atoms with van der Waals surface area (Å²) in [5, 5.41) is 0. The van der Waals surface area contributed by atoms with Gasteiger partial charge in [0.25, 0.3) is 0 Å². The predicted octanol–water partition coefficient (Wildman–Crippen LogP) is 1.05. The Bertz CT molecular complexity index is 696. The Morgan fingerprint density at radius 1 is 1.21 bits per heavy atom. The zero-order valence-corrected chi connectivity index (χ0v) is 13.6. The zero-order valence-electron chi connectivity index (χ0n) is 11.3. The van der Waals surface area contributed by atoms with Gasteiger partial charge in [-0.2, -0.15) is 0 Å². The molecule has 0 spiro atoms. The van der Waals surface area contributed by atoms with E-state index in [2.05, 4.69) is 41.3 Å². The van der Waals surface area contributed by atoms with Crippen molar-refractivity contribution in [3.8, 4) is 0 Å². The summed E-state index contributed by atoms with van der Waals surface area (Å²) in [7, 11) is -3.20. The molecule has 100 valence electrons. The van der Waals surface area contributed by atoms with Crippen LogP contribution in [0.1, 0.15) is 13.8 Å². The molecule has 1 unspecified atom stereocenters. The van der Waals surface area contributed by atoms with Crippen molar-refractivity contribution in [2.45, 2.75) is 13.8 Å². The summed E-state index contributed by atoms with van der Waals surface area (Å²) in [6, 6.07) is 8.16. The van der Waals surface area contributed by atoms with E-state index in [9.17, 15) is 8.42 Å². The maximum absolute atomic E-state index is 11.8. The van der Waals surface area contributed by atoms with Gasteiger partial charge in [-0.25, -0.2) is 0 Å². The van der Waals surface area contributed by atoms with Gasteiger partial charge in [-0.1, -0.05) is 0 Å². The Morgan fingerprint density at radius 2 is 1.79 bits per heavy atom. The van der Waals surface area contributed by atoms with E-state index in [4.69, 9.17) is 0 Å². The van der Waals surface area contributed by atoms with Gasteiger partial charge in [0.1, 0.15) is 0 Å². The minimum atomic E-state index is -3.20. The topological polar surface area (TPSA) is 46.2 Å². The Kier molecular flexibility index (Phi) is 2.91. The molecule has 1 aromatic carbocycles. The summed E-state index contributed by atoms with van der Waals surface area (Å²) >= 11 is -2.95. The van der Waals surface area contributed by atoms with Gasteiger partial charge in [0.2, 0.25) is 0 Å². The molecule has 19 heavy (non-hydrogen) atoms. The summed E-state index contributed by atoms with van der Waals surface area (Å²) < 4.78 is 30.5. The van der Waals surface area contributed by atoms with E-state index in [1.807, 2.05) is 12.1 Å². The second kappa shape index (κ2) is 4.16. The molecule has 1 N–H and O–H groups in total. The van der Waals surface area contributed by atoms with Crippen molar-refractivity contribution < 1.29 is 25.3 Å². The molecule has 3 rings (SSSR count). The van der Waals surface area contributed by atoms with E-state index < -0.39 is 26.9 Å². The number of rotatable bonds is 3. The summed E-state index contributed by atoms with van der Waals surface area (Å²) in [5.74, 6) is 0.335. The first kappa shape index (κ1) is 13.3. The van der Waals surface area contributed by atoms with Crippen LogP contribution >= 0.6 is 0 Å². The van der Waals surface area contributed by atoms with Gasteiger partial charge in [0.15, 0.2) is 0 Å². The Hall–Kier alpha value is -0.676. The van der Waals surface area contributed by atoms with Crippen LogP contribution in [0.3, 0.4) is 0 Å². The van der Waals surface area contributed by atoms with E-state index in [-0.39, 0.29) is 0 Å². The molecule has 0 aromatic heterocycles. The summed E-state index contributed by atoms with van der Waals surface area (Å²) in [4.78, 5) is 0. The van der Waals surface area contributed by atoms with Crippen LogP contribution < -0.4 is 10.9 Å². The molecule has 0 saturated carbocycles. The third kappa shape index (κ3) is 1.98. The monoisotopic (exact) mass is 311 g/mol. The van der Waals surface area contributed by atoms with Crippen molar-refractivity contribution >= 4 is 17.8 Å².